The number of aliphatic carboxylic acids is 1. The Kier molecular flexibility index (Phi) is 5.56. The molecule has 122 valence electrons. The number of carboxylic acid groups (broad SMARTS) is 1. The van der Waals surface area contributed by atoms with Gasteiger partial charge in [-0.15, -0.1) is 0 Å². The number of rotatable bonds is 5. The predicted octanol–water partition coefficient (Wildman–Crippen LogP) is 1.75. The average Bonchev–Trinajstić information content (AvgIpc) is 2.41. The van der Waals surface area contributed by atoms with E-state index in [1.54, 1.807) is 20.8 Å². The van der Waals surface area contributed by atoms with Gasteiger partial charge in [0.15, 0.2) is 11.8 Å². The highest BCUT2D eigenvalue weighted by Crippen LogP contribution is 2.26. The zero-order valence-corrected chi connectivity index (χ0v) is 13.2. The topological polar surface area (TPSA) is 107 Å². The molecule has 0 aliphatic heterocycles. The van der Waals surface area contributed by atoms with Crippen LogP contribution >= 0.6 is 0 Å². The van der Waals surface area contributed by atoms with Gasteiger partial charge in [0.25, 0.3) is 5.88 Å². The summed E-state index contributed by atoms with van der Waals surface area (Å²) in [6, 6.07) is 1.57. The molecular weight excluding hydrogens is 292 g/mol. The lowest BCUT2D eigenvalue weighted by molar-refractivity contribution is -0.139. The van der Waals surface area contributed by atoms with Gasteiger partial charge in [0.05, 0.1) is 19.9 Å². The molecule has 0 radical (unpaired) electrons. The summed E-state index contributed by atoms with van der Waals surface area (Å²) in [5.41, 5.74) is -0.644. The molecule has 1 aromatic heterocycles. The number of pyridine rings is 1. The largest absolute Gasteiger partial charge is 0.491 e. The molecule has 8 nitrogen and oxygen atoms in total. The van der Waals surface area contributed by atoms with Crippen LogP contribution in [0, 0.1) is 0 Å². The summed E-state index contributed by atoms with van der Waals surface area (Å²) in [6.07, 6.45) is -0.850. The molecule has 0 bridgehead atoms. The molecule has 1 aromatic rings. The SMILES string of the molecule is COc1ccc(C(NC(=O)OC(C)(C)C)C(=O)O)nc1OC. The van der Waals surface area contributed by atoms with E-state index < -0.39 is 23.7 Å². The van der Waals surface area contributed by atoms with Crippen molar-refractivity contribution in [3.05, 3.63) is 17.8 Å². The first-order valence-electron chi connectivity index (χ1n) is 6.49. The molecule has 0 aromatic carbocycles. The maximum absolute atomic E-state index is 11.7. The Balaban J connectivity index is 3.01. The van der Waals surface area contributed by atoms with Gasteiger partial charge in [-0.2, -0.15) is 0 Å². The van der Waals surface area contributed by atoms with Crippen molar-refractivity contribution >= 4 is 12.1 Å². The summed E-state index contributed by atoms with van der Waals surface area (Å²) in [5, 5.41) is 11.5. The number of nitrogens with zero attached hydrogens (tertiary/aromatic N) is 1. The molecule has 2 N–H and O–H groups in total. The van der Waals surface area contributed by atoms with E-state index in [-0.39, 0.29) is 11.6 Å². The standard InChI is InChI=1S/C14H20N2O6/c1-14(2,3)22-13(19)16-10(12(17)18)8-6-7-9(20-4)11(15-8)21-5/h6-7,10H,1-5H3,(H,16,19)(H,17,18). The number of carbonyl (C=O) groups is 2. The second-order valence-electron chi connectivity index (χ2n) is 5.37. The number of hydrogen-bond acceptors (Lipinski definition) is 6. The molecule has 0 aliphatic rings. The monoisotopic (exact) mass is 312 g/mol. The third kappa shape index (κ3) is 4.80. The number of methoxy groups -OCH3 is 2. The van der Waals surface area contributed by atoms with E-state index >= 15 is 0 Å². The van der Waals surface area contributed by atoms with Gasteiger partial charge in [-0.3, -0.25) is 0 Å². The molecule has 1 unspecified atom stereocenters. The summed E-state index contributed by atoms with van der Waals surface area (Å²) in [6.45, 7) is 5.03. The fourth-order valence-corrected chi connectivity index (χ4v) is 1.59. The fraction of sp³-hybridized carbons (Fsp3) is 0.500. The zero-order chi connectivity index (χ0) is 16.9. The van der Waals surface area contributed by atoms with Crippen LogP contribution in [-0.2, 0) is 9.53 Å². The Morgan fingerprint density at radius 1 is 1.23 bits per heavy atom. The quantitative estimate of drug-likeness (QED) is 0.852. The van der Waals surface area contributed by atoms with Crippen molar-refractivity contribution in [1.82, 2.24) is 10.3 Å². The van der Waals surface area contributed by atoms with E-state index in [0.29, 0.717) is 5.75 Å². The van der Waals surface area contributed by atoms with Crippen molar-refractivity contribution in [2.45, 2.75) is 32.4 Å². The summed E-state index contributed by atoms with van der Waals surface area (Å²) in [7, 11) is 2.82. The van der Waals surface area contributed by atoms with Crippen molar-refractivity contribution in [2.24, 2.45) is 0 Å². The number of amides is 1. The normalized spacial score (nSPS) is 12.2. The summed E-state index contributed by atoms with van der Waals surface area (Å²) < 4.78 is 15.1. The van der Waals surface area contributed by atoms with Crippen LogP contribution in [0.5, 0.6) is 11.6 Å². The Hall–Kier alpha value is -2.51. The lowest BCUT2D eigenvalue weighted by Gasteiger charge is -2.22. The fourth-order valence-electron chi connectivity index (χ4n) is 1.59. The van der Waals surface area contributed by atoms with Crippen LogP contribution in [-0.4, -0.2) is 42.0 Å². The van der Waals surface area contributed by atoms with Crippen molar-refractivity contribution in [1.29, 1.82) is 0 Å². The van der Waals surface area contributed by atoms with Gasteiger partial charge in [0.2, 0.25) is 0 Å². The van der Waals surface area contributed by atoms with Crippen molar-refractivity contribution in [3.63, 3.8) is 0 Å². The summed E-state index contributed by atoms with van der Waals surface area (Å²) in [5.74, 6) is -0.796. The molecule has 8 heteroatoms. The number of carboxylic acids is 1. The number of alkyl carbamates (subject to hydrolysis) is 1. The third-order valence-corrected chi connectivity index (χ3v) is 2.46. The first kappa shape index (κ1) is 17.5. The van der Waals surface area contributed by atoms with Gasteiger partial charge in [-0.1, -0.05) is 0 Å². The number of ether oxygens (including phenoxy) is 3. The Morgan fingerprint density at radius 2 is 1.86 bits per heavy atom. The highest BCUT2D eigenvalue weighted by molar-refractivity contribution is 5.81. The average molecular weight is 312 g/mol. The molecule has 0 spiro atoms. The maximum Gasteiger partial charge on any atom is 0.408 e. The third-order valence-electron chi connectivity index (χ3n) is 2.46. The van der Waals surface area contributed by atoms with E-state index in [0.717, 1.165) is 0 Å². The lowest BCUT2D eigenvalue weighted by atomic mass is 10.2. The van der Waals surface area contributed by atoms with Crippen molar-refractivity contribution in [2.75, 3.05) is 14.2 Å². The van der Waals surface area contributed by atoms with Crippen LogP contribution in [0.15, 0.2) is 12.1 Å². The van der Waals surface area contributed by atoms with Crippen LogP contribution < -0.4 is 14.8 Å². The van der Waals surface area contributed by atoms with Crippen LogP contribution in [0.25, 0.3) is 0 Å². The van der Waals surface area contributed by atoms with E-state index in [9.17, 15) is 14.7 Å². The predicted molar refractivity (Wildman–Crippen MR) is 77.1 cm³/mol. The summed E-state index contributed by atoms with van der Waals surface area (Å²) in [4.78, 5) is 27.2. The molecule has 1 amide bonds. The molecular formula is C14H20N2O6. The highest BCUT2D eigenvalue weighted by atomic mass is 16.6. The zero-order valence-electron chi connectivity index (χ0n) is 13.2. The number of nitrogens with one attached hydrogen (secondary N) is 1. The van der Waals surface area contributed by atoms with Crippen LogP contribution in [0.4, 0.5) is 4.79 Å². The van der Waals surface area contributed by atoms with Gasteiger partial charge in [0, 0.05) is 0 Å². The molecule has 1 heterocycles. The molecule has 0 saturated carbocycles. The Labute approximate surface area is 128 Å². The van der Waals surface area contributed by atoms with E-state index in [1.807, 2.05) is 0 Å². The maximum atomic E-state index is 11.7. The smallest absolute Gasteiger partial charge is 0.408 e. The van der Waals surface area contributed by atoms with Gasteiger partial charge < -0.3 is 24.6 Å². The highest BCUT2D eigenvalue weighted by Gasteiger charge is 2.27. The Morgan fingerprint density at radius 3 is 2.32 bits per heavy atom. The van der Waals surface area contributed by atoms with Crippen LogP contribution in [0.3, 0.4) is 0 Å². The van der Waals surface area contributed by atoms with Crippen molar-refractivity contribution in [3.8, 4) is 11.6 Å². The first-order chi connectivity index (χ1) is 10.2. The van der Waals surface area contributed by atoms with Gasteiger partial charge in [0.1, 0.15) is 5.60 Å². The Bertz CT molecular complexity index is 553. The van der Waals surface area contributed by atoms with Gasteiger partial charge in [-0.25, -0.2) is 14.6 Å². The molecule has 0 fully saturated rings. The molecule has 1 rings (SSSR count). The number of aromatic nitrogens is 1. The van der Waals surface area contributed by atoms with Crippen LogP contribution in [0.1, 0.15) is 32.5 Å². The minimum Gasteiger partial charge on any atom is -0.491 e. The summed E-state index contributed by atoms with van der Waals surface area (Å²) >= 11 is 0. The van der Waals surface area contributed by atoms with E-state index in [2.05, 4.69) is 10.3 Å². The molecule has 1 atom stereocenters. The number of hydrogen-bond donors (Lipinski definition) is 2. The van der Waals surface area contributed by atoms with Crippen molar-refractivity contribution < 1.29 is 28.9 Å². The second-order valence-corrected chi connectivity index (χ2v) is 5.37. The lowest BCUT2D eigenvalue weighted by Crippen LogP contribution is -2.38. The number of carbonyl (C=O) groups excluding carboxylic acids is 1. The molecule has 0 saturated heterocycles. The van der Waals surface area contributed by atoms with Gasteiger partial charge >= 0.3 is 12.1 Å². The van der Waals surface area contributed by atoms with E-state index in [1.165, 1.54) is 26.4 Å². The molecule has 22 heavy (non-hydrogen) atoms. The van der Waals surface area contributed by atoms with Gasteiger partial charge in [-0.05, 0) is 32.9 Å². The minimum atomic E-state index is -1.37. The second kappa shape index (κ2) is 6.97. The molecule has 0 aliphatic carbocycles. The minimum absolute atomic E-state index is 0.0935. The van der Waals surface area contributed by atoms with E-state index in [4.69, 9.17) is 14.2 Å². The van der Waals surface area contributed by atoms with Crippen LogP contribution in [0.2, 0.25) is 0 Å². The first-order valence-corrected chi connectivity index (χ1v) is 6.49.